The summed E-state index contributed by atoms with van der Waals surface area (Å²) in [4.78, 5) is 14.4. The lowest BCUT2D eigenvalue weighted by Gasteiger charge is -2.21. The Balaban J connectivity index is 1.23. The highest BCUT2D eigenvalue weighted by molar-refractivity contribution is 5.71. The van der Waals surface area contributed by atoms with Crippen LogP contribution in [0.2, 0.25) is 0 Å². The third-order valence-corrected chi connectivity index (χ3v) is 6.11. The Bertz CT molecular complexity index is 1100. The second-order valence-corrected chi connectivity index (χ2v) is 8.30. The van der Waals surface area contributed by atoms with Gasteiger partial charge in [0.1, 0.15) is 29.4 Å². The van der Waals surface area contributed by atoms with Crippen molar-refractivity contribution in [3.63, 3.8) is 0 Å². The van der Waals surface area contributed by atoms with Gasteiger partial charge in [-0.2, -0.15) is 18.3 Å². The first-order valence-corrected chi connectivity index (χ1v) is 10.3. The van der Waals surface area contributed by atoms with Crippen LogP contribution < -0.4 is 10.2 Å². The molecule has 5 rings (SSSR count). The summed E-state index contributed by atoms with van der Waals surface area (Å²) in [6, 6.07) is 4.10. The molecule has 1 aliphatic carbocycles. The van der Waals surface area contributed by atoms with E-state index >= 15 is 0 Å². The fourth-order valence-electron chi connectivity index (χ4n) is 4.75. The average Bonchev–Trinajstić information content (AvgIpc) is 3.41. The Kier molecular flexibility index (Phi) is 5.09. The van der Waals surface area contributed by atoms with Crippen molar-refractivity contribution >= 4 is 22.8 Å². The van der Waals surface area contributed by atoms with Gasteiger partial charge in [0.25, 0.3) is 6.43 Å². The lowest BCUT2D eigenvalue weighted by atomic mass is 10.0. The van der Waals surface area contributed by atoms with Gasteiger partial charge in [-0.15, -0.1) is 0 Å². The summed E-state index contributed by atoms with van der Waals surface area (Å²) in [6.45, 7) is 0.737. The first-order chi connectivity index (χ1) is 15.3. The summed E-state index contributed by atoms with van der Waals surface area (Å²) >= 11 is 0. The van der Waals surface area contributed by atoms with Gasteiger partial charge >= 0.3 is 6.18 Å². The molecule has 7 nitrogen and oxygen atoms in total. The molecule has 1 saturated heterocycles. The predicted molar refractivity (Wildman–Crippen MR) is 106 cm³/mol. The maximum Gasteiger partial charge on any atom is 0.433 e. The van der Waals surface area contributed by atoms with Crippen LogP contribution in [0, 0.1) is 11.8 Å². The highest BCUT2D eigenvalue weighted by atomic mass is 19.4. The van der Waals surface area contributed by atoms with Gasteiger partial charge in [-0.3, -0.25) is 0 Å². The normalized spacial score (nSPS) is 23.3. The van der Waals surface area contributed by atoms with E-state index in [-0.39, 0.29) is 6.04 Å². The van der Waals surface area contributed by atoms with Crippen LogP contribution in [0.1, 0.15) is 18.5 Å². The molecule has 0 aromatic carbocycles. The van der Waals surface area contributed by atoms with Crippen LogP contribution in [0.15, 0.2) is 30.6 Å². The fraction of sp³-hybridized carbons (Fsp3) is 0.500. The molecule has 0 bridgehead atoms. The number of aromatic nitrogens is 5. The van der Waals surface area contributed by atoms with Crippen molar-refractivity contribution in [1.82, 2.24) is 24.7 Å². The van der Waals surface area contributed by atoms with Gasteiger partial charge in [0.15, 0.2) is 5.65 Å². The molecular formula is C20H20F5N7. The Morgan fingerprint density at radius 1 is 1.06 bits per heavy atom. The molecule has 3 atom stereocenters. The highest BCUT2D eigenvalue weighted by Crippen LogP contribution is 2.41. The van der Waals surface area contributed by atoms with Crippen LogP contribution in [0.5, 0.6) is 0 Å². The standard InChI is InChI=1S/C20H20F5N7/c21-16(22)10-32-19-14(6-27-32)26-7-17(30-19)28-13-4-11-8-31(9-12(11)5-13)18-3-1-2-15(29-18)20(23,24)25/h1-3,6-7,11-13,16H,4-5,8-10H2,(H,28,30)/t11-,12+,13?. The lowest BCUT2D eigenvalue weighted by Crippen LogP contribution is -2.26. The molecule has 0 spiro atoms. The number of hydrogen-bond donors (Lipinski definition) is 1. The topological polar surface area (TPSA) is 71.8 Å². The number of halogens is 5. The smallest absolute Gasteiger partial charge is 0.366 e. The van der Waals surface area contributed by atoms with Crippen molar-refractivity contribution in [2.75, 3.05) is 23.3 Å². The zero-order chi connectivity index (χ0) is 22.5. The van der Waals surface area contributed by atoms with E-state index in [4.69, 9.17) is 0 Å². The van der Waals surface area contributed by atoms with E-state index in [1.165, 1.54) is 12.3 Å². The molecule has 3 aromatic heterocycles. The zero-order valence-electron chi connectivity index (χ0n) is 16.8. The van der Waals surface area contributed by atoms with Crippen molar-refractivity contribution in [3.8, 4) is 0 Å². The van der Waals surface area contributed by atoms with Gasteiger partial charge in [0.05, 0.1) is 12.4 Å². The van der Waals surface area contributed by atoms with Gasteiger partial charge in [0.2, 0.25) is 0 Å². The van der Waals surface area contributed by atoms with Gasteiger partial charge in [-0.25, -0.2) is 28.4 Å². The predicted octanol–water partition coefficient (Wildman–Crippen LogP) is 3.83. The molecule has 2 fully saturated rings. The maximum atomic E-state index is 13.0. The molecule has 1 unspecified atom stereocenters. The number of hydrogen-bond acceptors (Lipinski definition) is 6. The molecule has 32 heavy (non-hydrogen) atoms. The Morgan fingerprint density at radius 2 is 1.81 bits per heavy atom. The van der Waals surface area contributed by atoms with Crippen molar-refractivity contribution in [1.29, 1.82) is 0 Å². The number of pyridine rings is 1. The van der Waals surface area contributed by atoms with Crippen LogP contribution in [0.4, 0.5) is 33.6 Å². The van der Waals surface area contributed by atoms with E-state index < -0.39 is 24.8 Å². The van der Waals surface area contributed by atoms with Crippen molar-refractivity contribution in [2.24, 2.45) is 11.8 Å². The SMILES string of the molecule is FC(F)Cn1ncc2ncc(NC3C[C@@H]4CN(c5cccc(C(F)(F)F)n5)C[C@@H]4C3)nc21. The molecule has 170 valence electrons. The molecule has 1 N–H and O–H groups in total. The number of rotatable bonds is 5. The van der Waals surface area contributed by atoms with E-state index in [0.29, 0.717) is 47.7 Å². The molecule has 4 heterocycles. The van der Waals surface area contributed by atoms with E-state index in [1.54, 1.807) is 12.3 Å². The van der Waals surface area contributed by atoms with Crippen LogP contribution in [0.25, 0.3) is 11.2 Å². The molecule has 0 amide bonds. The van der Waals surface area contributed by atoms with Gasteiger partial charge in [-0.05, 0) is 36.8 Å². The van der Waals surface area contributed by atoms with Gasteiger partial charge < -0.3 is 10.2 Å². The summed E-state index contributed by atoms with van der Waals surface area (Å²) in [5.41, 5.74) is -0.134. The highest BCUT2D eigenvalue weighted by Gasteiger charge is 2.42. The zero-order valence-corrected chi connectivity index (χ0v) is 16.8. The quantitative estimate of drug-likeness (QED) is 0.592. The van der Waals surface area contributed by atoms with Crippen molar-refractivity contribution < 1.29 is 22.0 Å². The number of alkyl halides is 5. The second kappa shape index (κ2) is 7.82. The van der Waals surface area contributed by atoms with E-state index in [9.17, 15) is 22.0 Å². The number of fused-ring (bicyclic) bond motifs is 2. The average molecular weight is 453 g/mol. The third kappa shape index (κ3) is 4.05. The summed E-state index contributed by atoms with van der Waals surface area (Å²) in [6.07, 6.45) is -2.38. The first-order valence-electron chi connectivity index (χ1n) is 10.3. The van der Waals surface area contributed by atoms with Crippen LogP contribution >= 0.6 is 0 Å². The van der Waals surface area contributed by atoms with Crippen molar-refractivity contribution in [3.05, 3.63) is 36.3 Å². The summed E-state index contributed by atoms with van der Waals surface area (Å²) < 4.78 is 65.5. The first kappa shape index (κ1) is 20.8. The molecule has 2 aliphatic rings. The summed E-state index contributed by atoms with van der Waals surface area (Å²) in [5, 5.41) is 7.25. The van der Waals surface area contributed by atoms with E-state index in [2.05, 4.69) is 25.4 Å². The Hall–Kier alpha value is -3.05. The Labute approximate surface area is 179 Å². The van der Waals surface area contributed by atoms with Crippen LogP contribution in [-0.2, 0) is 12.7 Å². The number of nitrogens with one attached hydrogen (secondary N) is 1. The molecule has 12 heteroatoms. The minimum Gasteiger partial charge on any atom is -0.366 e. The molecule has 1 aliphatic heterocycles. The van der Waals surface area contributed by atoms with Crippen LogP contribution in [0.3, 0.4) is 0 Å². The van der Waals surface area contributed by atoms with E-state index in [1.807, 2.05) is 4.90 Å². The molecule has 1 saturated carbocycles. The molecular weight excluding hydrogens is 433 g/mol. The largest absolute Gasteiger partial charge is 0.433 e. The summed E-state index contributed by atoms with van der Waals surface area (Å²) in [7, 11) is 0. The molecule has 0 radical (unpaired) electrons. The minimum absolute atomic E-state index is 0.125. The lowest BCUT2D eigenvalue weighted by molar-refractivity contribution is -0.141. The second-order valence-electron chi connectivity index (χ2n) is 8.30. The fourth-order valence-corrected chi connectivity index (χ4v) is 4.75. The Morgan fingerprint density at radius 3 is 2.50 bits per heavy atom. The monoisotopic (exact) mass is 453 g/mol. The van der Waals surface area contributed by atoms with Crippen molar-refractivity contribution in [2.45, 2.75) is 38.0 Å². The number of nitrogens with zero attached hydrogens (tertiary/aromatic N) is 6. The molecule has 3 aromatic rings. The van der Waals surface area contributed by atoms with E-state index in [0.717, 1.165) is 23.6 Å². The maximum absolute atomic E-state index is 13.0. The number of anilines is 2. The minimum atomic E-state index is -4.46. The van der Waals surface area contributed by atoms with Crippen LogP contribution in [-0.4, -0.2) is 50.3 Å². The summed E-state index contributed by atoms with van der Waals surface area (Å²) in [5.74, 6) is 1.49. The third-order valence-electron chi connectivity index (χ3n) is 6.11. The van der Waals surface area contributed by atoms with Gasteiger partial charge in [0, 0.05) is 19.1 Å². The van der Waals surface area contributed by atoms with Gasteiger partial charge in [-0.1, -0.05) is 6.07 Å².